The molecule has 7 heteroatoms. The molecule has 0 aliphatic heterocycles. The van der Waals surface area contributed by atoms with Crippen LogP contribution in [-0.2, 0) is 4.79 Å². The maximum absolute atomic E-state index is 12.8. The van der Waals surface area contributed by atoms with E-state index in [2.05, 4.69) is 26.1 Å². The zero-order chi connectivity index (χ0) is 37.9. The maximum atomic E-state index is 12.8. The second kappa shape index (κ2) is 34.1. The normalized spacial score (nSPS) is 11.9. The predicted octanol–water partition coefficient (Wildman–Crippen LogP) is 12.6. The molecule has 7 nitrogen and oxygen atoms in total. The number of hydrogen-bond acceptors (Lipinski definition) is 7. The topological polar surface area (TPSA) is 97.3 Å². The van der Waals surface area contributed by atoms with Crippen molar-refractivity contribution in [3.63, 3.8) is 0 Å². The van der Waals surface area contributed by atoms with Gasteiger partial charge in [-0.15, -0.1) is 0 Å². The first kappa shape index (κ1) is 47.4. The number of carbonyl (C=O) groups excluding carboxylic acids is 1. The number of aliphatic hydroxyl groups is 2. The Morgan fingerprint density at radius 1 is 0.577 bits per heavy atom. The zero-order valence-corrected chi connectivity index (χ0v) is 34.1. The van der Waals surface area contributed by atoms with Gasteiger partial charge in [0.2, 0.25) is 5.75 Å². The molecular weight excluding hydrogens is 650 g/mol. The number of aliphatic hydroxyl groups excluding tert-OH is 2. The Labute approximate surface area is 319 Å². The third-order valence-corrected chi connectivity index (χ3v) is 9.45. The number of nitrogens with one attached hydrogen (secondary N) is 1. The standard InChI is InChI=1S/C45H79NO6/c1-5-8-11-14-17-20-23-26-32-50-43-36-40(42(49)38-41(48)35-39(4)46-30-29-31-47)37-44(51-33-27-24-21-18-15-12-9-6-2)45(43)52-34-28-25-22-19-16-13-10-7-3/h35-38,46-47,49H,5-34H2,1-4H3/b39-35+,42-38-. The van der Waals surface area contributed by atoms with Crippen LogP contribution in [0, 0.1) is 0 Å². The fourth-order valence-electron chi connectivity index (χ4n) is 6.22. The summed E-state index contributed by atoms with van der Waals surface area (Å²) in [6.07, 6.45) is 32.5. The van der Waals surface area contributed by atoms with Crippen molar-refractivity contribution >= 4 is 11.5 Å². The summed E-state index contributed by atoms with van der Waals surface area (Å²) in [4.78, 5) is 12.8. The van der Waals surface area contributed by atoms with E-state index in [9.17, 15) is 9.90 Å². The van der Waals surface area contributed by atoms with Gasteiger partial charge in [-0.2, -0.15) is 0 Å². The molecule has 0 heterocycles. The van der Waals surface area contributed by atoms with Gasteiger partial charge < -0.3 is 29.7 Å². The van der Waals surface area contributed by atoms with Gasteiger partial charge in [-0.3, -0.25) is 4.79 Å². The summed E-state index contributed by atoms with van der Waals surface area (Å²) in [5.41, 5.74) is 1.14. The van der Waals surface area contributed by atoms with E-state index in [1.807, 2.05) is 0 Å². The van der Waals surface area contributed by atoms with Gasteiger partial charge in [0, 0.05) is 36.6 Å². The van der Waals surface area contributed by atoms with Crippen molar-refractivity contribution in [3.8, 4) is 17.2 Å². The van der Waals surface area contributed by atoms with Crippen LogP contribution in [0.2, 0.25) is 0 Å². The van der Waals surface area contributed by atoms with Gasteiger partial charge >= 0.3 is 0 Å². The summed E-state index contributed by atoms with van der Waals surface area (Å²) in [6.45, 7) is 10.9. The predicted molar refractivity (Wildman–Crippen MR) is 220 cm³/mol. The second-order valence-electron chi connectivity index (χ2n) is 14.5. The fourth-order valence-corrected chi connectivity index (χ4v) is 6.22. The third-order valence-electron chi connectivity index (χ3n) is 9.45. The lowest BCUT2D eigenvalue weighted by atomic mass is 10.1. The molecule has 1 rings (SSSR count). The summed E-state index contributed by atoms with van der Waals surface area (Å²) in [7, 11) is 0. The molecule has 0 aromatic heterocycles. The van der Waals surface area contributed by atoms with Crippen LogP contribution < -0.4 is 19.5 Å². The molecule has 0 aliphatic carbocycles. The van der Waals surface area contributed by atoms with Crippen LogP contribution in [0.25, 0.3) is 5.76 Å². The van der Waals surface area contributed by atoms with Crippen molar-refractivity contribution in [1.29, 1.82) is 0 Å². The van der Waals surface area contributed by atoms with Crippen LogP contribution in [0.4, 0.5) is 0 Å². The quantitative estimate of drug-likeness (QED) is 0.0356. The Bertz CT molecular complexity index is 1020. The van der Waals surface area contributed by atoms with Gasteiger partial charge in [-0.05, 0) is 44.7 Å². The van der Waals surface area contributed by atoms with Crippen LogP contribution in [0.3, 0.4) is 0 Å². The first-order valence-corrected chi connectivity index (χ1v) is 21.5. The molecule has 1 aromatic carbocycles. The fraction of sp³-hybridized carbons (Fsp3) is 0.756. The van der Waals surface area contributed by atoms with E-state index in [-0.39, 0.29) is 18.1 Å². The van der Waals surface area contributed by atoms with Gasteiger partial charge in [0.25, 0.3) is 0 Å². The number of benzene rings is 1. The number of hydrogen-bond donors (Lipinski definition) is 3. The lowest BCUT2D eigenvalue weighted by molar-refractivity contribution is -0.110. The number of carbonyl (C=O) groups is 1. The van der Waals surface area contributed by atoms with Crippen LogP contribution in [-0.4, -0.2) is 49.0 Å². The molecule has 0 unspecified atom stereocenters. The summed E-state index contributed by atoms with van der Waals surface area (Å²) >= 11 is 0. The highest BCUT2D eigenvalue weighted by Crippen LogP contribution is 2.41. The molecule has 0 amide bonds. The van der Waals surface area contributed by atoms with Gasteiger partial charge in [0.05, 0.1) is 19.8 Å². The van der Waals surface area contributed by atoms with E-state index in [0.717, 1.165) is 38.5 Å². The summed E-state index contributed by atoms with van der Waals surface area (Å²) in [5.74, 6) is 1.22. The van der Waals surface area contributed by atoms with E-state index in [0.29, 0.717) is 61.3 Å². The van der Waals surface area contributed by atoms with Gasteiger partial charge in [-0.25, -0.2) is 0 Å². The minimum absolute atomic E-state index is 0.0840. The van der Waals surface area contributed by atoms with Crippen molar-refractivity contribution in [2.75, 3.05) is 33.0 Å². The molecule has 0 radical (unpaired) electrons. The monoisotopic (exact) mass is 730 g/mol. The Hall–Kier alpha value is -2.67. The first-order chi connectivity index (χ1) is 25.5. The van der Waals surface area contributed by atoms with Crippen LogP contribution in [0.1, 0.15) is 194 Å². The summed E-state index contributed by atoms with van der Waals surface area (Å²) < 4.78 is 19.2. The van der Waals surface area contributed by atoms with E-state index < -0.39 is 0 Å². The van der Waals surface area contributed by atoms with Crippen LogP contribution in [0.5, 0.6) is 17.2 Å². The van der Waals surface area contributed by atoms with E-state index in [1.54, 1.807) is 19.1 Å². The van der Waals surface area contributed by atoms with Gasteiger partial charge in [-0.1, -0.05) is 156 Å². The number of rotatable bonds is 37. The van der Waals surface area contributed by atoms with Crippen molar-refractivity contribution in [1.82, 2.24) is 5.32 Å². The van der Waals surface area contributed by atoms with E-state index in [1.165, 1.54) is 128 Å². The highest BCUT2D eigenvalue weighted by atomic mass is 16.5. The maximum Gasteiger partial charge on any atom is 0.203 e. The summed E-state index contributed by atoms with van der Waals surface area (Å²) in [6, 6.07) is 3.57. The average molecular weight is 730 g/mol. The van der Waals surface area contributed by atoms with Crippen molar-refractivity contribution in [2.45, 2.75) is 188 Å². The minimum atomic E-state index is -0.329. The van der Waals surface area contributed by atoms with Gasteiger partial charge in [0.15, 0.2) is 17.3 Å². The van der Waals surface area contributed by atoms with E-state index >= 15 is 0 Å². The molecule has 0 bridgehead atoms. The number of ether oxygens (including phenoxy) is 3. The van der Waals surface area contributed by atoms with Crippen LogP contribution >= 0.6 is 0 Å². The lowest BCUT2D eigenvalue weighted by Crippen LogP contribution is -2.14. The first-order valence-electron chi connectivity index (χ1n) is 21.5. The van der Waals surface area contributed by atoms with Gasteiger partial charge in [0.1, 0.15) is 5.76 Å². The number of allylic oxidation sites excluding steroid dienone is 3. The van der Waals surface area contributed by atoms with E-state index in [4.69, 9.17) is 19.3 Å². The third kappa shape index (κ3) is 25.3. The molecule has 1 aromatic rings. The molecule has 3 N–H and O–H groups in total. The molecule has 0 aliphatic rings. The minimum Gasteiger partial charge on any atom is -0.507 e. The Kier molecular flexibility index (Phi) is 31.1. The molecule has 0 fully saturated rings. The Balaban J connectivity index is 3.12. The molecule has 0 spiro atoms. The second-order valence-corrected chi connectivity index (χ2v) is 14.5. The SMILES string of the molecule is CCCCCCCCCCOc1cc(/C(O)=C/C(=O)/C=C(\C)NCCCO)cc(OCCCCCCCCCC)c1OCCCCCCCCCC. The molecular formula is C45H79NO6. The molecule has 52 heavy (non-hydrogen) atoms. The van der Waals surface area contributed by atoms with Crippen molar-refractivity contribution < 1.29 is 29.2 Å². The molecule has 0 atom stereocenters. The summed E-state index contributed by atoms with van der Waals surface area (Å²) in [5, 5.41) is 23.3. The zero-order valence-electron chi connectivity index (χ0n) is 34.1. The van der Waals surface area contributed by atoms with Crippen molar-refractivity contribution in [2.24, 2.45) is 0 Å². The average Bonchev–Trinajstić information content (AvgIpc) is 3.13. The number of ketones is 1. The molecule has 0 saturated carbocycles. The highest BCUT2D eigenvalue weighted by molar-refractivity contribution is 6.03. The van der Waals surface area contributed by atoms with Crippen LogP contribution in [0.15, 0.2) is 30.0 Å². The smallest absolute Gasteiger partial charge is 0.203 e. The highest BCUT2D eigenvalue weighted by Gasteiger charge is 2.18. The Morgan fingerprint density at radius 2 is 0.962 bits per heavy atom. The number of unbranched alkanes of at least 4 members (excludes halogenated alkanes) is 21. The molecule has 300 valence electrons. The van der Waals surface area contributed by atoms with Crippen molar-refractivity contribution in [3.05, 3.63) is 35.5 Å². The molecule has 0 saturated heterocycles. The largest absolute Gasteiger partial charge is 0.507 e. The lowest BCUT2D eigenvalue weighted by Gasteiger charge is -2.19. The Morgan fingerprint density at radius 3 is 1.37 bits per heavy atom.